The van der Waals surface area contributed by atoms with Gasteiger partial charge in [-0.3, -0.25) is 0 Å². The molecule has 0 aromatic heterocycles. The van der Waals surface area contributed by atoms with Gasteiger partial charge in [0.05, 0.1) is 0 Å². The first-order valence-corrected chi connectivity index (χ1v) is 7.71. The number of nitrogens with zero attached hydrogens (tertiary/aromatic N) is 1. The van der Waals surface area contributed by atoms with Gasteiger partial charge in [-0.15, -0.1) is 0 Å². The summed E-state index contributed by atoms with van der Waals surface area (Å²) in [6, 6.07) is 8.60. The van der Waals surface area contributed by atoms with Crippen LogP contribution >= 0.6 is 0 Å². The molecule has 1 heterocycles. The van der Waals surface area contributed by atoms with Crippen LogP contribution in [-0.2, 0) is 0 Å². The Bertz CT molecular complexity index is 373. The van der Waals surface area contributed by atoms with E-state index in [4.69, 9.17) is 6.58 Å². The molecule has 2 heteroatoms. The summed E-state index contributed by atoms with van der Waals surface area (Å²) < 4.78 is 2.51. The Morgan fingerprint density at radius 3 is 2.81 bits per heavy atom. The summed E-state index contributed by atoms with van der Waals surface area (Å²) >= 11 is 0.349. The van der Waals surface area contributed by atoms with E-state index in [-0.39, 0.29) is 0 Å². The third-order valence-corrected chi connectivity index (χ3v) is 4.96. The van der Waals surface area contributed by atoms with Crippen LogP contribution in [0.5, 0.6) is 0 Å². The van der Waals surface area contributed by atoms with Gasteiger partial charge >= 0.3 is 105 Å². The number of hydrogen-bond acceptors (Lipinski definition) is 1. The molecule has 0 fully saturated rings. The van der Waals surface area contributed by atoms with Gasteiger partial charge in [-0.1, -0.05) is 0 Å². The van der Waals surface area contributed by atoms with E-state index in [1.165, 1.54) is 35.8 Å². The Hall–Kier alpha value is -0.721. The van der Waals surface area contributed by atoms with Crippen LogP contribution in [0.2, 0.25) is 0 Å². The minimum atomic E-state index is 0.349. The summed E-state index contributed by atoms with van der Waals surface area (Å²) in [5.74, 6) is 0. The van der Waals surface area contributed by atoms with Crippen LogP contribution in [0.3, 0.4) is 0 Å². The van der Waals surface area contributed by atoms with Crippen LogP contribution in [0.4, 0.5) is 5.69 Å². The van der Waals surface area contributed by atoms with E-state index >= 15 is 0 Å². The fourth-order valence-electron chi connectivity index (χ4n) is 1.98. The Balaban J connectivity index is 1.97. The number of para-hydroxylation sites is 1. The number of hydrogen-bond donors (Lipinski definition) is 0. The topological polar surface area (TPSA) is 3.24 Å². The molecule has 85 valence electrons. The molecule has 0 saturated heterocycles. The summed E-state index contributed by atoms with van der Waals surface area (Å²) in [5, 5.41) is 0. The van der Waals surface area contributed by atoms with Crippen molar-refractivity contribution in [2.45, 2.75) is 32.6 Å². The van der Waals surface area contributed by atoms with Crippen molar-refractivity contribution in [1.82, 2.24) is 0 Å². The van der Waals surface area contributed by atoms with Crippen LogP contribution < -0.4 is 9.36 Å². The molecule has 0 bridgehead atoms. The normalized spacial score (nSPS) is 14.3. The fourth-order valence-corrected chi connectivity index (χ4v) is 3.98. The zero-order valence-electron chi connectivity index (χ0n) is 9.78. The summed E-state index contributed by atoms with van der Waals surface area (Å²) in [5.41, 5.74) is 1.34. The van der Waals surface area contributed by atoms with Gasteiger partial charge in [0, 0.05) is 0 Å². The van der Waals surface area contributed by atoms with Gasteiger partial charge in [0.2, 0.25) is 0 Å². The van der Waals surface area contributed by atoms with Crippen molar-refractivity contribution in [1.29, 1.82) is 0 Å². The molecular weight excluding hydrogens is 261 g/mol. The first kappa shape index (κ1) is 11.8. The summed E-state index contributed by atoms with van der Waals surface area (Å²) in [6.45, 7) is 9.45. The van der Waals surface area contributed by atoms with Crippen LogP contribution in [0.15, 0.2) is 28.9 Å². The molecule has 1 aliphatic heterocycles. The van der Waals surface area contributed by atoms with E-state index in [1.54, 1.807) is 0 Å². The van der Waals surface area contributed by atoms with Gasteiger partial charge in [0.1, 0.15) is 0 Å². The maximum atomic E-state index is 6.11. The second-order valence-electron chi connectivity index (χ2n) is 4.12. The Kier molecular flexibility index (Phi) is 4.09. The van der Waals surface area contributed by atoms with Gasteiger partial charge in [-0.2, -0.15) is 0 Å². The average Bonchev–Trinajstić information content (AvgIpc) is 2.61. The van der Waals surface area contributed by atoms with E-state index < -0.39 is 0 Å². The molecule has 0 atom stereocenters. The molecule has 16 heavy (non-hydrogen) atoms. The predicted molar refractivity (Wildman–Crippen MR) is 71.1 cm³/mol. The molecule has 1 radical (unpaired) electrons. The SMILES string of the molecule is [CH]=C1[Se]c2ccccc2N1CCCCCC. The third-order valence-electron chi connectivity index (χ3n) is 2.87. The van der Waals surface area contributed by atoms with Crippen molar-refractivity contribution >= 4 is 25.1 Å². The molecule has 0 N–H and O–H groups in total. The quantitative estimate of drug-likeness (QED) is 0.591. The number of anilines is 1. The van der Waals surface area contributed by atoms with Crippen molar-refractivity contribution in [3.63, 3.8) is 0 Å². The van der Waals surface area contributed by atoms with Gasteiger partial charge < -0.3 is 0 Å². The molecule has 0 spiro atoms. The van der Waals surface area contributed by atoms with Crippen LogP contribution in [-0.4, -0.2) is 21.5 Å². The molecular formula is C14H18NSe. The predicted octanol–water partition coefficient (Wildman–Crippen LogP) is 2.69. The van der Waals surface area contributed by atoms with Crippen molar-refractivity contribution in [3.8, 4) is 0 Å². The number of fused-ring (bicyclic) bond motifs is 1. The van der Waals surface area contributed by atoms with E-state index in [1.807, 2.05) is 0 Å². The minimum absolute atomic E-state index is 0.349. The third kappa shape index (κ3) is 2.50. The van der Waals surface area contributed by atoms with Crippen molar-refractivity contribution in [2.24, 2.45) is 0 Å². The first-order valence-electron chi connectivity index (χ1n) is 5.99. The van der Waals surface area contributed by atoms with Crippen LogP contribution in [0.25, 0.3) is 0 Å². The van der Waals surface area contributed by atoms with E-state index in [2.05, 4.69) is 36.1 Å². The number of rotatable bonds is 5. The Morgan fingerprint density at radius 2 is 2.00 bits per heavy atom. The van der Waals surface area contributed by atoms with Gasteiger partial charge in [-0.05, 0) is 0 Å². The molecule has 0 aliphatic carbocycles. The fraction of sp³-hybridized carbons (Fsp3) is 0.429. The van der Waals surface area contributed by atoms with E-state index in [0.717, 1.165) is 11.1 Å². The molecule has 1 aromatic carbocycles. The number of benzene rings is 1. The van der Waals surface area contributed by atoms with E-state index in [0.29, 0.717) is 15.0 Å². The summed E-state index contributed by atoms with van der Waals surface area (Å²) in [6.07, 6.45) is 5.19. The van der Waals surface area contributed by atoms with Crippen molar-refractivity contribution in [2.75, 3.05) is 11.4 Å². The Labute approximate surface area is 105 Å². The standard InChI is InChI=1S/C14H18NSe/c1-3-4-5-8-11-15-12(2)16-14-10-7-6-9-13(14)15/h2,6-7,9-10H,3-5,8,11H2,1H3. The van der Waals surface area contributed by atoms with Crippen LogP contribution in [0.1, 0.15) is 32.6 Å². The number of unbranched alkanes of at least 4 members (excludes halogenated alkanes) is 3. The summed E-state index contributed by atoms with van der Waals surface area (Å²) in [7, 11) is 0. The molecule has 0 unspecified atom stereocenters. The average molecular weight is 279 g/mol. The monoisotopic (exact) mass is 280 g/mol. The van der Waals surface area contributed by atoms with Gasteiger partial charge in [0.15, 0.2) is 0 Å². The van der Waals surface area contributed by atoms with Crippen LogP contribution in [0, 0.1) is 6.58 Å². The van der Waals surface area contributed by atoms with Gasteiger partial charge in [-0.25, -0.2) is 0 Å². The molecule has 1 nitrogen and oxygen atoms in total. The molecule has 2 rings (SSSR count). The Morgan fingerprint density at radius 1 is 1.19 bits per heavy atom. The van der Waals surface area contributed by atoms with Crippen molar-refractivity contribution in [3.05, 3.63) is 35.4 Å². The zero-order valence-corrected chi connectivity index (χ0v) is 11.5. The molecule has 1 aromatic rings. The maximum absolute atomic E-state index is 6.11. The van der Waals surface area contributed by atoms with Crippen molar-refractivity contribution < 1.29 is 0 Å². The van der Waals surface area contributed by atoms with Gasteiger partial charge in [0.25, 0.3) is 0 Å². The first-order chi connectivity index (χ1) is 7.83. The molecule has 0 amide bonds. The summed E-state index contributed by atoms with van der Waals surface area (Å²) in [4.78, 5) is 2.31. The second-order valence-corrected chi connectivity index (χ2v) is 6.35. The van der Waals surface area contributed by atoms with E-state index in [9.17, 15) is 0 Å². The second kappa shape index (κ2) is 5.56. The zero-order chi connectivity index (χ0) is 11.4. The molecule has 0 saturated carbocycles. The molecule has 1 aliphatic rings.